The van der Waals surface area contributed by atoms with Crippen molar-refractivity contribution in [3.63, 3.8) is 0 Å². The second-order valence-electron chi connectivity index (χ2n) is 4.02. The zero-order valence-electron chi connectivity index (χ0n) is 9.99. The van der Waals surface area contributed by atoms with Gasteiger partial charge in [-0.25, -0.2) is 4.39 Å². The number of carbonyl (C=O) groups excluding carboxylic acids is 1. The summed E-state index contributed by atoms with van der Waals surface area (Å²) >= 11 is 3.02. The Bertz CT molecular complexity index is 602. The van der Waals surface area contributed by atoms with Crippen LogP contribution in [-0.4, -0.2) is 5.91 Å². The number of amides is 1. The molecule has 0 atom stereocenters. The number of anilines is 1. The fourth-order valence-corrected chi connectivity index (χ4v) is 1.99. The van der Waals surface area contributed by atoms with Crippen molar-refractivity contribution in [1.82, 2.24) is 5.32 Å². The predicted octanol–water partition coefficient (Wildman–Crippen LogP) is 3.10. The fourth-order valence-electron chi connectivity index (χ4n) is 1.63. The average Bonchev–Trinajstić information content (AvgIpc) is 2.41. The Labute approximate surface area is 118 Å². The smallest absolute Gasteiger partial charge is 0.253 e. The number of rotatable bonds is 3. The van der Waals surface area contributed by atoms with Crippen molar-refractivity contribution >= 4 is 27.5 Å². The highest BCUT2D eigenvalue weighted by Crippen LogP contribution is 2.22. The van der Waals surface area contributed by atoms with E-state index in [1.54, 1.807) is 0 Å². The number of hydrogen-bond acceptors (Lipinski definition) is 2. The lowest BCUT2D eigenvalue weighted by Crippen LogP contribution is -2.24. The maximum atomic E-state index is 13.4. The first-order valence-corrected chi connectivity index (χ1v) is 6.44. The molecule has 0 aliphatic heterocycles. The highest BCUT2D eigenvalue weighted by molar-refractivity contribution is 9.10. The van der Waals surface area contributed by atoms with E-state index < -0.39 is 11.7 Å². The van der Waals surface area contributed by atoms with Gasteiger partial charge < -0.3 is 11.1 Å². The molecule has 0 bridgehead atoms. The third-order valence-corrected chi connectivity index (χ3v) is 3.24. The molecule has 0 unspecified atom stereocenters. The van der Waals surface area contributed by atoms with Crippen LogP contribution in [-0.2, 0) is 6.54 Å². The molecule has 0 heterocycles. The second-order valence-corrected chi connectivity index (χ2v) is 4.88. The van der Waals surface area contributed by atoms with Crippen molar-refractivity contribution in [2.24, 2.45) is 0 Å². The molecule has 3 N–H and O–H groups in total. The normalized spacial score (nSPS) is 10.2. The molecule has 0 saturated carbocycles. The minimum Gasteiger partial charge on any atom is -0.398 e. The van der Waals surface area contributed by atoms with E-state index in [9.17, 15) is 9.18 Å². The lowest BCUT2D eigenvalue weighted by Gasteiger charge is -2.08. The SMILES string of the molecule is Nc1cc(Br)c(F)cc1C(=O)NCc1ccccc1. The van der Waals surface area contributed by atoms with Crippen LogP contribution in [0.5, 0.6) is 0 Å². The van der Waals surface area contributed by atoms with Crippen LogP contribution in [0.4, 0.5) is 10.1 Å². The first-order valence-electron chi connectivity index (χ1n) is 5.64. The minimum absolute atomic E-state index is 0.136. The van der Waals surface area contributed by atoms with Crippen LogP contribution < -0.4 is 11.1 Å². The molecule has 0 aliphatic rings. The average molecular weight is 323 g/mol. The number of benzene rings is 2. The number of halogens is 2. The summed E-state index contributed by atoms with van der Waals surface area (Å²) < 4.78 is 13.6. The maximum absolute atomic E-state index is 13.4. The highest BCUT2D eigenvalue weighted by atomic mass is 79.9. The molecule has 19 heavy (non-hydrogen) atoms. The summed E-state index contributed by atoms with van der Waals surface area (Å²) in [5.41, 5.74) is 7.04. The van der Waals surface area contributed by atoms with Gasteiger partial charge in [-0.15, -0.1) is 0 Å². The van der Waals surface area contributed by atoms with Crippen LogP contribution in [0.15, 0.2) is 46.9 Å². The van der Waals surface area contributed by atoms with E-state index in [2.05, 4.69) is 21.2 Å². The third kappa shape index (κ3) is 3.32. The van der Waals surface area contributed by atoms with Gasteiger partial charge in [-0.05, 0) is 33.6 Å². The van der Waals surface area contributed by atoms with Crippen LogP contribution >= 0.6 is 15.9 Å². The molecule has 0 aliphatic carbocycles. The molecule has 2 rings (SSSR count). The summed E-state index contributed by atoms with van der Waals surface area (Å²) in [6.45, 7) is 0.372. The van der Waals surface area contributed by atoms with Crippen molar-refractivity contribution in [3.8, 4) is 0 Å². The number of carbonyl (C=O) groups is 1. The lowest BCUT2D eigenvalue weighted by atomic mass is 10.1. The molecular formula is C14H12BrFN2O. The summed E-state index contributed by atoms with van der Waals surface area (Å²) in [6, 6.07) is 12.0. The van der Waals surface area contributed by atoms with Gasteiger partial charge in [0.15, 0.2) is 0 Å². The van der Waals surface area contributed by atoms with Gasteiger partial charge in [0, 0.05) is 12.2 Å². The third-order valence-electron chi connectivity index (χ3n) is 2.63. The standard InChI is InChI=1S/C14H12BrFN2O/c15-11-7-13(17)10(6-12(11)16)14(19)18-8-9-4-2-1-3-5-9/h1-7H,8,17H2,(H,18,19). The van der Waals surface area contributed by atoms with E-state index in [1.807, 2.05) is 30.3 Å². The first-order chi connectivity index (χ1) is 9.08. The Morgan fingerprint density at radius 2 is 1.95 bits per heavy atom. The van der Waals surface area contributed by atoms with Gasteiger partial charge in [0.1, 0.15) is 5.82 Å². The van der Waals surface area contributed by atoms with Gasteiger partial charge in [-0.3, -0.25) is 4.79 Å². The second kappa shape index (κ2) is 5.84. The van der Waals surface area contributed by atoms with E-state index in [0.29, 0.717) is 6.54 Å². The fraction of sp³-hybridized carbons (Fsp3) is 0.0714. The van der Waals surface area contributed by atoms with Crippen molar-refractivity contribution < 1.29 is 9.18 Å². The van der Waals surface area contributed by atoms with Crippen LogP contribution in [0.2, 0.25) is 0 Å². The number of nitrogens with two attached hydrogens (primary N) is 1. The van der Waals surface area contributed by atoms with Crippen LogP contribution in [0.3, 0.4) is 0 Å². The molecule has 1 amide bonds. The van der Waals surface area contributed by atoms with Gasteiger partial charge in [0.25, 0.3) is 5.91 Å². The molecule has 98 valence electrons. The summed E-state index contributed by atoms with van der Waals surface area (Å²) in [4.78, 5) is 11.9. The van der Waals surface area contributed by atoms with Gasteiger partial charge in [0.2, 0.25) is 0 Å². The number of nitrogen functional groups attached to an aromatic ring is 1. The van der Waals surface area contributed by atoms with Crippen LogP contribution in [0.25, 0.3) is 0 Å². The molecule has 0 saturated heterocycles. The Balaban J connectivity index is 2.10. The molecular weight excluding hydrogens is 311 g/mol. The van der Waals surface area contributed by atoms with Gasteiger partial charge >= 0.3 is 0 Å². The Hall–Kier alpha value is -1.88. The Morgan fingerprint density at radius 1 is 1.26 bits per heavy atom. The Kier molecular flexibility index (Phi) is 4.16. The van der Waals surface area contributed by atoms with Crippen molar-refractivity contribution in [2.45, 2.75) is 6.54 Å². The molecule has 0 fully saturated rings. The molecule has 0 spiro atoms. The van der Waals surface area contributed by atoms with Crippen LogP contribution in [0.1, 0.15) is 15.9 Å². The number of nitrogens with one attached hydrogen (secondary N) is 1. The van der Waals surface area contributed by atoms with Crippen molar-refractivity contribution in [2.75, 3.05) is 5.73 Å². The topological polar surface area (TPSA) is 55.1 Å². The van der Waals surface area contributed by atoms with Crippen LogP contribution in [0, 0.1) is 5.82 Å². The number of hydrogen-bond donors (Lipinski definition) is 2. The first kappa shape index (κ1) is 13.5. The lowest BCUT2D eigenvalue weighted by molar-refractivity contribution is 0.0951. The van der Waals surface area contributed by atoms with Crippen molar-refractivity contribution in [1.29, 1.82) is 0 Å². The van der Waals surface area contributed by atoms with Gasteiger partial charge in [-0.2, -0.15) is 0 Å². The summed E-state index contributed by atoms with van der Waals surface area (Å²) in [5, 5.41) is 2.70. The van der Waals surface area contributed by atoms with E-state index in [0.717, 1.165) is 11.6 Å². The largest absolute Gasteiger partial charge is 0.398 e. The Morgan fingerprint density at radius 3 is 2.63 bits per heavy atom. The molecule has 2 aromatic rings. The van der Waals surface area contributed by atoms with Crippen molar-refractivity contribution in [3.05, 3.63) is 63.9 Å². The van der Waals surface area contributed by atoms with E-state index >= 15 is 0 Å². The molecule has 5 heteroatoms. The molecule has 0 radical (unpaired) electrons. The molecule has 3 nitrogen and oxygen atoms in total. The predicted molar refractivity (Wildman–Crippen MR) is 76.1 cm³/mol. The quantitative estimate of drug-likeness (QED) is 0.853. The van der Waals surface area contributed by atoms with E-state index in [4.69, 9.17) is 5.73 Å². The summed E-state index contributed by atoms with van der Waals surface area (Å²) in [6.07, 6.45) is 0. The maximum Gasteiger partial charge on any atom is 0.253 e. The zero-order valence-corrected chi connectivity index (χ0v) is 11.6. The zero-order chi connectivity index (χ0) is 13.8. The monoisotopic (exact) mass is 322 g/mol. The molecule has 2 aromatic carbocycles. The highest BCUT2D eigenvalue weighted by Gasteiger charge is 2.12. The van der Waals surface area contributed by atoms with E-state index in [1.165, 1.54) is 6.07 Å². The summed E-state index contributed by atoms with van der Waals surface area (Å²) in [5.74, 6) is -0.910. The van der Waals surface area contributed by atoms with E-state index in [-0.39, 0.29) is 15.7 Å². The molecule has 0 aromatic heterocycles. The van der Waals surface area contributed by atoms with Gasteiger partial charge in [-0.1, -0.05) is 30.3 Å². The van der Waals surface area contributed by atoms with Gasteiger partial charge in [0.05, 0.1) is 10.0 Å². The summed E-state index contributed by atoms with van der Waals surface area (Å²) in [7, 11) is 0. The minimum atomic E-state index is -0.515.